The minimum absolute atomic E-state index is 0.214. The van der Waals surface area contributed by atoms with E-state index in [-0.39, 0.29) is 5.91 Å². The number of nitrogens with one attached hydrogen (secondary N) is 1. The highest BCUT2D eigenvalue weighted by Gasteiger charge is 2.25. The lowest BCUT2D eigenvalue weighted by Gasteiger charge is -2.36. The number of fused-ring (bicyclic) bond motifs is 1. The van der Waals surface area contributed by atoms with Gasteiger partial charge in [-0.15, -0.1) is 0 Å². The predicted octanol–water partition coefficient (Wildman–Crippen LogP) is 2.66. The van der Waals surface area contributed by atoms with Gasteiger partial charge < -0.3 is 10.2 Å². The molecule has 3 rings (SSSR count). The van der Waals surface area contributed by atoms with E-state index in [1.54, 1.807) is 6.92 Å². The van der Waals surface area contributed by atoms with Crippen LogP contribution in [-0.2, 0) is 11.2 Å². The van der Waals surface area contributed by atoms with Crippen LogP contribution in [0.1, 0.15) is 49.8 Å². The van der Waals surface area contributed by atoms with Crippen LogP contribution in [0.25, 0.3) is 0 Å². The molecule has 1 aromatic rings. The third kappa shape index (κ3) is 2.88. The molecule has 1 saturated heterocycles. The number of hydrogen-bond donors (Lipinski definition) is 1. The van der Waals surface area contributed by atoms with Crippen LogP contribution in [0.5, 0.6) is 0 Å². The summed E-state index contributed by atoms with van der Waals surface area (Å²) in [5.74, 6) is 0.214. The van der Waals surface area contributed by atoms with E-state index < -0.39 is 0 Å². The molecule has 1 aliphatic heterocycles. The number of nitrogens with zero attached hydrogens (tertiary/aromatic N) is 1. The van der Waals surface area contributed by atoms with Crippen LogP contribution in [0.2, 0.25) is 0 Å². The summed E-state index contributed by atoms with van der Waals surface area (Å²) in [5, 5.41) is 3.84. The molecule has 1 amide bonds. The van der Waals surface area contributed by atoms with Crippen LogP contribution >= 0.6 is 0 Å². The van der Waals surface area contributed by atoms with Gasteiger partial charge in [0.2, 0.25) is 5.91 Å². The largest absolute Gasteiger partial charge is 0.343 e. The Bertz CT molecular complexity index is 478. The minimum atomic E-state index is 0.214. The molecule has 0 spiro atoms. The van der Waals surface area contributed by atoms with Crippen LogP contribution in [0, 0.1) is 0 Å². The summed E-state index contributed by atoms with van der Waals surface area (Å²) < 4.78 is 0. The number of likely N-dealkylation sites (tertiary alicyclic amines) is 1. The average molecular weight is 272 g/mol. The van der Waals surface area contributed by atoms with Crippen LogP contribution in [-0.4, -0.2) is 29.9 Å². The molecule has 2 aliphatic rings. The highest BCUT2D eigenvalue weighted by atomic mass is 16.2. The first-order valence-corrected chi connectivity index (χ1v) is 7.83. The van der Waals surface area contributed by atoms with Crippen molar-refractivity contribution in [1.29, 1.82) is 0 Å². The standard InChI is InChI=1S/C17H24N2O/c1-13(20)19-11-9-15(10-12-19)18-17-8-4-6-14-5-2-3-7-16(14)17/h2-3,5,7,15,17-18H,4,6,8-12H2,1H3/t17-/m0/s1. The Balaban J connectivity index is 1.61. The first-order valence-electron chi connectivity index (χ1n) is 7.83. The smallest absolute Gasteiger partial charge is 0.219 e. The normalized spacial score (nSPS) is 23.4. The van der Waals surface area contributed by atoms with E-state index in [2.05, 4.69) is 29.6 Å². The Morgan fingerprint density at radius 2 is 1.95 bits per heavy atom. The molecule has 0 aromatic heterocycles. The van der Waals surface area contributed by atoms with Gasteiger partial charge in [0.05, 0.1) is 0 Å². The maximum atomic E-state index is 11.4. The van der Waals surface area contributed by atoms with E-state index >= 15 is 0 Å². The molecule has 0 saturated carbocycles. The summed E-state index contributed by atoms with van der Waals surface area (Å²) in [5.41, 5.74) is 3.00. The Kier molecular flexibility index (Phi) is 4.06. The molecule has 1 atom stereocenters. The summed E-state index contributed by atoms with van der Waals surface area (Å²) in [6, 6.07) is 9.90. The molecule has 1 N–H and O–H groups in total. The predicted molar refractivity (Wildman–Crippen MR) is 80.5 cm³/mol. The number of piperidine rings is 1. The second kappa shape index (κ2) is 5.96. The van der Waals surface area contributed by atoms with Crippen molar-refractivity contribution < 1.29 is 4.79 Å². The lowest BCUT2D eigenvalue weighted by atomic mass is 9.87. The van der Waals surface area contributed by atoms with Crippen molar-refractivity contribution in [2.75, 3.05) is 13.1 Å². The van der Waals surface area contributed by atoms with E-state index in [9.17, 15) is 4.79 Å². The number of hydrogen-bond acceptors (Lipinski definition) is 2. The van der Waals surface area contributed by atoms with Crippen molar-refractivity contribution in [3.05, 3.63) is 35.4 Å². The van der Waals surface area contributed by atoms with Gasteiger partial charge in [-0.1, -0.05) is 24.3 Å². The van der Waals surface area contributed by atoms with Crippen molar-refractivity contribution >= 4 is 5.91 Å². The lowest BCUT2D eigenvalue weighted by molar-refractivity contribution is -0.129. The summed E-state index contributed by atoms with van der Waals surface area (Å²) >= 11 is 0. The van der Waals surface area contributed by atoms with E-state index in [4.69, 9.17) is 0 Å². The molecule has 0 bridgehead atoms. The van der Waals surface area contributed by atoms with Gasteiger partial charge in [-0.05, 0) is 43.2 Å². The summed E-state index contributed by atoms with van der Waals surface area (Å²) in [4.78, 5) is 13.3. The van der Waals surface area contributed by atoms with Crippen LogP contribution < -0.4 is 5.32 Å². The lowest BCUT2D eigenvalue weighted by Crippen LogP contribution is -2.45. The number of carbonyl (C=O) groups is 1. The van der Waals surface area contributed by atoms with Gasteiger partial charge >= 0.3 is 0 Å². The highest BCUT2D eigenvalue weighted by Crippen LogP contribution is 2.30. The van der Waals surface area contributed by atoms with Crippen molar-refractivity contribution in [3.8, 4) is 0 Å². The van der Waals surface area contributed by atoms with Crippen molar-refractivity contribution in [1.82, 2.24) is 10.2 Å². The third-order valence-electron chi connectivity index (χ3n) is 4.75. The van der Waals surface area contributed by atoms with Gasteiger partial charge in [0.25, 0.3) is 0 Å². The first kappa shape index (κ1) is 13.6. The second-order valence-electron chi connectivity index (χ2n) is 6.09. The highest BCUT2D eigenvalue weighted by molar-refractivity contribution is 5.73. The molecule has 0 unspecified atom stereocenters. The van der Waals surface area contributed by atoms with Gasteiger partial charge in [0.1, 0.15) is 0 Å². The second-order valence-corrected chi connectivity index (χ2v) is 6.09. The van der Waals surface area contributed by atoms with E-state index in [0.29, 0.717) is 12.1 Å². The molecule has 3 heteroatoms. The zero-order chi connectivity index (χ0) is 13.9. The van der Waals surface area contributed by atoms with Crippen LogP contribution in [0.3, 0.4) is 0 Å². The zero-order valence-electron chi connectivity index (χ0n) is 12.3. The molecule has 1 heterocycles. The minimum Gasteiger partial charge on any atom is -0.343 e. The van der Waals surface area contributed by atoms with Crippen molar-refractivity contribution in [2.24, 2.45) is 0 Å². The van der Waals surface area contributed by atoms with E-state index in [0.717, 1.165) is 25.9 Å². The SMILES string of the molecule is CC(=O)N1CCC(N[C@H]2CCCc3ccccc32)CC1. The van der Waals surface area contributed by atoms with Gasteiger partial charge in [-0.3, -0.25) is 4.79 Å². The molecule has 1 aromatic carbocycles. The molecular weight excluding hydrogens is 248 g/mol. The number of amides is 1. The molecule has 0 radical (unpaired) electrons. The molecule has 1 fully saturated rings. The average Bonchev–Trinajstić information content (AvgIpc) is 2.48. The Labute approximate surface area is 121 Å². The fourth-order valence-electron chi connectivity index (χ4n) is 3.57. The summed E-state index contributed by atoms with van der Waals surface area (Å²) in [6.07, 6.45) is 5.90. The fourth-order valence-corrected chi connectivity index (χ4v) is 3.57. The Morgan fingerprint density at radius 3 is 2.70 bits per heavy atom. The van der Waals surface area contributed by atoms with Gasteiger partial charge in [-0.2, -0.15) is 0 Å². The number of carbonyl (C=O) groups excluding carboxylic acids is 1. The molecule has 1 aliphatic carbocycles. The summed E-state index contributed by atoms with van der Waals surface area (Å²) in [7, 11) is 0. The quantitative estimate of drug-likeness (QED) is 0.897. The summed E-state index contributed by atoms with van der Waals surface area (Å²) in [6.45, 7) is 3.48. The Morgan fingerprint density at radius 1 is 1.20 bits per heavy atom. The zero-order valence-corrected chi connectivity index (χ0v) is 12.3. The van der Waals surface area contributed by atoms with Crippen LogP contribution in [0.4, 0.5) is 0 Å². The number of rotatable bonds is 2. The topological polar surface area (TPSA) is 32.3 Å². The van der Waals surface area contributed by atoms with E-state index in [1.807, 2.05) is 4.90 Å². The monoisotopic (exact) mass is 272 g/mol. The van der Waals surface area contributed by atoms with Gasteiger partial charge in [0, 0.05) is 32.1 Å². The number of aryl methyl sites for hydroxylation is 1. The molecular formula is C17H24N2O. The van der Waals surface area contributed by atoms with Gasteiger partial charge in [-0.25, -0.2) is 0 Å². The molecule has 3 nitrogen and oxygen atoms in total. The molecule has 20 heavy (non-hydrogen) atoms. The van der Waals surface area contributed by atoms with Crippen LogP contribution in [0.15, 0.2) is 24.3 Å². The van der Waals surface area contributed by atoms with Gasteiger partial charge in [0.15, 0.2) is 0 Å². The Hall–Kier alpha value is -1.35. The molecule has 108 valence electrons. The van der Waals surface area contributed by atoms with E-state index in [1.165, 1.54) is 30.4 Å². The third-order valence-corrected chi connectivity index (χ3v) is 4.75. The van der Waals surface area contributed by atoms with Crippen molar-refractivity contribution in [2.45, 2.75) is 51.1 Å². The maximum Gasteiger partial charge on any atom is 0.219 e. The maximum absolute atomic E-state index is 11.4. The fraction of sp³-hybridized carbons (Fsp3) is 0.588. The van der Waals surface area contributed by atoms with Crippen molar-refractivity contribution in [3.63, 3.8) is 0 Å². The number of benzene rings is 1. The first-order chi connectivity index (χ1) is 9.74.